The molecule has 0 aliphatic carbocycles. The van der Waals surface area contributed by atoms with Gasteiger partial charge in [0.15, 0.2) is 0 Å². The van der Waals surface area contributed by atoms with Crippen LogP contribution in [0.2, 0.25) is 0 Å². The van der Waals surface area contributed by atoms with Gasteiger partial charge in [-0.3, -0.25) is 4.79 Å². The van der Waals surface area contributed by atoms with Gasteiger partial charge in [0.2, 0.25) is 5.91 Å². The van der Waals surface area contributed by atoms with E-state index >= 15 is 0 Å². The molecule has 3 rings (SSSR count). The average molecular weight is 327 g/mol. The fourth-order valence-corrected chi connectivity index (χ4v) is 3.19. The van der Waals surface area contributed by atoms with Crippen molar-refractivity contribution in [3.8, 4) is 0 Å². The molecular weight excluding hydrogens is 303 g/mol. The molecule has 0 aromatic heterocycles. The normalized spacial score (nSPS) is 14.7. The molecule has 2 aromatic rings. The summed E-state index contributed by atoms with van der Waals surface area (Å²) in [6.07, 6.45) is 2.74. The quantitative estimate of drug-likeness (QED) is 0.834. The number of nitrogens with one attached hydrogen (secondary N) is 2. The fourth-order valence-electron chi connectivity index (χ4n) is 3.19. The summed E-state index contributed by atoms with van der Waals surface area (Å²) >= 11 is 0. The van der Waals surface area contributed by atoms with Gasteiger partial charge in [-0.2, -0.15) is 0 Å². The number of quaternary nitrogens is 1. The first-order valence-corrected chi connectivity index (χ1v) is 8.62. The zero-order chi connectivity index (χ0) is 16.8. The highest BCUT2D eigenvalue weighted by atomic mass is 19.1. The van der Waals surface area contributed by atoms with Crippen LogP contribution in [-0.2, 0) is 24.3 Å². The maximum atomic E-state index is 13.5. The van der Waals surface area contributed by atoms with E-state index in [1.807, 2.05) is 0 Å². The van der Waals surface area contributed by atoms with Crippen molar-refractivity contribution in [3.63, 3.8) is 0 Å². The maximum absolute atomic E-state index is 13.5. The standard InChI is InChI=1S/C20H23FN2O/c21-19-6-2-1-5-18(19)13-20(24)22-14-16-7-9-17(10-8-16)15-23-11-3-4-12-23/h1-2,5-10H,3-4,11-15H2,(H,22,24)/p+1. The molecule has 1 fully saturated rings. The third-order valence-corrected chi connectivity index (χ3v) is 4.59. The van der Waals surface area contributed by atoms with Crippen molar-refractivity contribution in [2.45, 2.75) is 32.4 Å². The van der Waals surface area contributed by atoms with Crippen LogP contribution in [0, 0.1) is 5.82 Å². The number of amides is 1. The molecule has 1 heterocycles. The number of carbonyl (C=O) groups is 1. The van der Waals surface area contributed by atoms with E-state index in [-0.39, 0.29) is 18.1 Å². The molecular formula is C20H24FN2O+. The van der Waals surface area contributed by atoms with Gasteiger partial charge in [0.05, 0.1) is 19.5 Å². The molecule has 0 spiro atoms. The monoisotopic (exact) mass is 327 g/mol. The predicted molar refractivity (Wildman–Crippen MR) is 92.0 cm³/mol. The Bertz CT molecular complexity index is 678. The summed E-state index contributed by atoms with van der Waals surface area (Å²) in [5.74, 6) is -0.493. The van der Waals surface area contributed by atoms with Crippen LogP contribution in [0.1, 0.15) is 29.5 Å². The molecule has 2 N–H and O–H groups in total. The Morgan fingerprint density at radius 1 is 1.00 bits per heavy atom. The number of rotatable bonds is 6. The number of carbonyl (C=O) groups excluding carboxylic acids is 1. The Hall–Kier alpha value is -2.20. The number of hydrogen-bond donors (Lipinski definition) is 2. The zero-order valence-electron chi connectivity index (χ0n) is 13.9. The third-order valence-electron chi connectivity index (χ3n) is 4.59. The Balaban J connectivity index is 1.47. The lowest BCUT2D eigenvalue weighted by Crippen LogP contribution is -3.08. The molecule has 126 valence electrons. The van der Waals surface area contributed by atoms with Gasteiger partial charge in [-0.05, 0) is 17.2 Å². The van der Waals surface area contributed by atoms with Gasteiger partial charge in [0.1, 0.15) is 12.4 Å². The first-order chi connectivity index (χ1) is 11.7. The molecule has 24 heavy (non-hydrogen) atoms. The van der Waals surface area contributed by atoms with Crippen LogP contribution < -0.4 is 10.2 Å². The van der Waals surface area contributed by atoms with Crippen molar-refractivity contribution in [1.29, 1.82) is 0 Å². The maximum Gasteiger partial charge on any atom is 0.224 e. The van der Waals surface area contributed by atoms with Crippen molar-refractivity contribution in [2.75, 3.05) is 13.1 Å². The molecule has 1 aliphatic heterocycles. The molecule has 4 heteroatoms. The number of benzene rings is 2. The lowest BCUT2D eigenvalue weighted by atomic mass is 10.1. The second kappa shape index (κ2) is 8.06. The average Bonchev–Trinajstić information content (AvgIpc) is 3.09. The van der Waals surface area contributed by atoms with Gasteiger partial charge in [-0.25, -0.2) is 4.39 Å². The molecule has 3 nitrogen and oxygen atoms in total. The SMILES string of the molecule is O=C(Cc1ccccc1F)NCc1ccc(C[NH+]2CCCC2)cc1. The summed E-state index contributed by atoms with van der Waals surface area (Å²) in [6, 6.07) is 14.8. The van der Waals surface area contributed by atoms with Crippen molar-refractivity contribution < 1.29 is 14.1 Å². The summed E-state index contributed by atoms with van der Waals surface area (Å²) in [7, 11) is 0. The first kappa shape index (κ1) is 16.7. The lowest BCUT2D eigenvalue weighted by Gasteiger charge is -2.12. The highest BCUT2D eigenvalue weighted by Crippen LogP contribution is 2.08. The molecule has 0 radical (unpaired) electrons. The van der Waals surface area contributed by atoms with Crippen LogP contribution in [0.3, 0.4) is 0 Å². The van der Waals surface area contributed by atoms with E-state index in [4.69, 9.17) is 0 Å². The van der Waals surface area contributed by atoms with E-state index in [2.05, 4.69) is 29.6 Å². The van der Waals surface area contributed by atoms with Gasteiger partial charge < -0.3 is 10.2 Å². The summed E-state index contributed by atoms with van der Waals surface area (Å²) in [5, 5.41) is 2.86. The van der Waals surface area contributed by atoms with Crippen LogP contribution in [-0.4, -0.2) is 19.0 Å². The highest BCUT2D eigenvalue weighted by Gasteiger charge is 2.15. The topological polar surface area (TPSA) is 33.5 Å². The van der Waals surface area contributed by atoms with Gasteiger partial charge in [-0.15, -0.1) is 0 Å². The molecule has 1 amide bonds. The predicted octanol–water partition coefficient (Wildman–Crippen LogP) is 1.86. The largest absolute Gasteiger partial charge is 0.352 e. The number of halogens is 1. The van der Waals surface area contributed by atoms with E-state index in [0.29, 0.717) is 12.1 Å². The van der Waals surface area contributed by atoms with Crippen LogP contribution >= 0.6 is 0 Å². The fraction of sp³-hybridized carbons (Fsp3) is 0.350. The van der Waals surface area contributed by atoms with Crippen LogP contribution in [0.4, 0.5) is 4.39 Å². The van der Waals surface area contributed by atoms with Crippen LogP contribution in [0.5, 0.6) is 0 Å². The van der Waals surface area contributed by atoms with Crippen molar-refractivity contribution >= 4 is 5.91 Å². The Morgan fingerprint density at radius 2 is 1.67 bits per heavy atom. The van der Waals surface area contributed by atoms with Crippen molar-refractivity contribution in [2.24, 2.45) is 0 Å². The van der Waals surface area contributed by atoms with Crippen molar-refractivity contribution in [3.05, 3.63) is 71.0 Å². The first-order valence-electron chi connectivity index (χ1n) is 8.62. The minimum absolute atomic E-state index is 0.0725. The Labute approximate surface area is 142 Å². The smallest absolute Gasteiger partial charge is 0.224 e. The van der Waals surface area contributed by atoms with Crippen molar-refractivity contribution in [1.82, 2.24) is 5.32 Å². The second-order valence-electron chi connectivity index (χ2n) is 6.50. The van der Waals surface area contributed by atoms with E-state index < -0.39 is 0 Å². The number of likely N-dealkylation sites (tertiary alicyclic amines) is 1. The Kier molecular flexibility index (Phi) is 5.59. The summed E-state index contributed by atoms with van der Waals surface area (Å²) in [6.45, 7) is 4.10. The summed E-state index contributed by atoms with van der Waals surface area (Å²) in [5.41, 5.74) is 2.84. The molecule has 0 bridgehead atoms. The molecule has 2 aromatic carbocycles. The van der Waals surface area contributed by atoms with Gasteiger partial charge in [-0.1, -0.05) is 42.5 Å². The molecule has 0 saturated carbocycles. The van der Waals surface area contributed by atoms with E-state index in [1.54, 1.807) is 23.1 Å². The summed E-state index contributed by atoms with van der Waals surface area (Å²) < 4.78 is 13.5. The Morgan fingerprint density at radius 3 is 2.38 bits per heavy atom. The third kappa shape index (κ3) is 4.65. The van der Waals surface area contributed by atoms with Crippen LogP contribution in [0.25, 0.3) is 0 Å². The highest BCUT2D eigenvalue weighted by molar-refractivity contribution is 5.78. The summed E-state index contributed by atoms with van der Waals surface area (Å²) in [4.78, 5) is 13.6. The van der Waals surface area contributed by atoms with Gasteiger partial charge >= 0.3 is 0 Å². The molecule has 0 unspecified atom stereocenters. The molecule has 1 saturated heterocycles. The number of hydrogen-bond acceptors (Lipinski definition) is 1. The molecule has 1 aliphatic rings. The van der Waals surface area contributed by atoms with Crippen LogP contribution in [0.15, 0.2) is 48.5 Å². The van der Waals surface area contributed by atoms with E-state index in [9.17, 15) is 9.18 Å². The molecule has 0 atom stereocenters. The van der Waals surface area contributed by atoms with E-state index in [0.717, 1.165) is 12.1 Å². The van der Waals surface area contributed by atoms with E-state index in [1.165, 1.54) is 37.6 Å². The minimum atomic E-state index is -0.332. The van der Waals surface area contributed by atoms with Gasteiger partial charge in [0.25, 0.3) is 0 Å². The lowest BCUT2D eigenvalue weighted by molar-refractivity contribution is -0.901. The minimum Gasteiger partial charge on any atom is -0.352 e. The van der Waals surface area contributed by atoms with Gasteiger partial charge in [0, 0.05) is 24.9 Å². The second-order valence-corrected chi connectivity index (χ2v) is 6.50. The zero-order valence-corrected chi connectivity index (χ0v) is 13.9.